The molecule has 0 radical (unpaired) electrons. The minimum absolute atomic E-state index is 0. The Kier molecular flexibility index (Phi) is 6.85. The van der Waals surface area contributed by atoms with E-state index in [4.69, 9.17) is 5.73 Å². The zero-order valence-corrected chi connectivity index (χ0v) is 16.5. The van der Waals surface area contributed by atoms with E-state index in [9.17, 15) is 18.0 Å². The molecule has 2 aliphatic carbocycles. The largest absolute Gasteiger partial charge is 0.416 e. The third-order valence-corrected chi connectivity index (χ3v) is 6.39. The van der Waals surface area contributed by atoms with Crippen LogP contribution in [-0.4, -0.2) is 23.9 Å². The third-order valence-electron chi connectivity index (χ3n) is 6.39. The number of benzene rings is 1. The highest BCUT2D eigenvalue weighted by molar-refractivity contribution is 5.85. The highest BCUT2D eigenvalue weighted by Gasteiger charge is 2.41. The fraction of sp³-hybridized carbons (Fsp3) is 0.650. The summed E-state index contributed by atoms with van der Waals surface area (Å²) in [7, 11) is 1.69. The van der Waals surface area contributed by atoms with Crippen molar-refractivity contribution in [2.75, 3.05) is 7.05 Å². The lowest BCUT2D eigenvalue weighted by Crippen LogP contribution is -2.49. The summed E-state index contributed by atoms with van der Waals surface area (Å²) in [6.45, 7) is 1.78. The topological polar surface area (TPSA) is 46.3 Å². The molecule has 3 atom stereocenters. The number of nitrogens with two attached hydrogens (primary N) is 1. The van der Waals surface area contributed by atoms with Gasteiger partial charge in [-0.1, -0.05) is 18.6 Å². The van der Waals surface area contributed by atoms with E-state index in [2.05, 4.69) is 0 Å². The smallest absolute Gasteiger partial charge is 0.339 e. The highest BCUT2D eigenvalue weighted by atomic mass is 35.5. The maximum atomic E-state index is 13.0. The second kappa shape index (κ2) is 8.39. The molecule has 0 saturated heterocycles. The molecule has 152 valence electrons. The van der Waals surface area contributed by atoms with Gasteiger partial charge in [-0.25, -0.2) is 0 Å². The lowest BCUT2D eigenvalue weighted by molar-refractivity contribution is -0.139. The first-order valence-corrected chi connectivity index (χ1v) is 9.38. The first-order valence-electron chi connectivity index (χ1n) is 9.38. The molecule has 3 nitrogen and oxygen atoms in total. The standard InChI is InChI=1S/C20H27F3N2O.ClH/c1-12(13-5-4-8-17(11-13)20(21,22)23)25(2)19(26)16-9-14-6-3-7-15(10-16)18(14)24;/h4-5,8,11-12,14-16,18H,3,6-7,9-10,24H2,1-2H3;1H. The fourth-order valence-corrected chi connectivity index (χ4v) is 4.67. The number of alkyl halides is 3. The summed E-state index contributed by atoms with van der Waals surface area (Å²) in [4.78, 5) is 14.6. The van der Waals surface area contributed by atoms with Gasteiger partial charge in [0.1, 0.15) is 0 Å². The minimum atomic E-state index is -4.38. The average Bonchev–Trinajstić information content (AvgIpc) is 2.59. The van der Waals surface area contributed by atoms with Gasteiger partial charge in [-0.3, -0.25) is 4.79 Å². The number of fused-ring (bicyclic) bond motifs is 2. The number of hydrogen-bond donors (Lipinski definition) is 1. The lowest BCUT2D eigenvalue weighted by atomic mass is 9.65. The van der Waals surface area contributed by atoms with Crippen LogP contribution in [0.5, 0.6) is 0 Å². The number of rotatable bonds is 3. The Hall–Kier alpha value is -1.27. The van der Waals surface area contributed by atoms with Crippen LogP contribution in [0.15, 0.2) is 24.3 Å². The molecular formula is C20H28ClF3N2O. The van der Waals surface area contributed by atoms with E-state index in [0.717, 1.165) is 37.8 Å². The molecule has 1 aromatic rings. The molecule has 0 aromatic heterocycles. The summed E-state index contributed by atoms with van der Waals surface area (Å²) < 4.78 is 38.9. The highest BCUT2D eigenvalue weighted by Crippen LogP contribution is 2.43. The molecule has 0 spiro atoms. The summed E-state index contributed by atoms with van der Waals surface area (Å²) >= 11 is 0. The molecule has 0 aliphatic heterocycles. The van der Waals surface area contributed by atoms with Gasteiger partial charge in [0.25, 0.3) is 0 Å². The number of amides is 1. The summed E-state index contributed by atoms with van der Waals surface area (Å²) in [5.74, 6) is 0.754. The molecule has 1 amide bonds. The van der Waals surface area contributed by atoms with Gasteiger partial charge in [0.2, 0.25) is 5.91 Å². The van der Waals surface area contributed by atoms with Crippen LogP contribution >= 0.6 is 12.4 Å². The van der Waals surface area contributed by atoms with Crippen molar-refractivity contribution in [3.8, 4) is 0 Å². The molecule has 7 heteroatoms. The van der Waals surface area contributed by atoms with E-state index < -0.39 is 17.8 Å². The van der Waals surface area contributed by atoms with Crippen LogP contribution in [-0.2, 0) is 11.0 Å². The van der Waals surface area contributed by atoms with Crippen LogP contribution in [0.4, 0.5) is 13.2 Å². The second-order valence-corrected chi connectivity index (χ2v) is 7.95. The van der Waals surface area contributed by atoms with E-state index in [1.165, 1.54) is 12.5 Å². The van der Waals surface area contributed by atoms with E-state index in [0.29, 0.717) is 17.4 Å². The molecule has 2 bridgehead atoms. The van der Waals surface area contributed by atoms with Crippen LogP contribution in [0.25, 0.3) is 0 Å². The van der Waals surface area contributed by atoms with Crippen LogP contribution in [0.3, 0.4) is 0 Å². The molecule has 3 unspecified atom stereocenters. The van der Waals surface area contributed by atoms with Gasteiger partial charge in [0.15, 0.2) is 0 Å². The van der Waals surface area contributed by atoms with E-state index >= 15 is 0 Å². The molecule has 1 aromatic carbocycles. The van der Waals surface area contributed by atoms with Gasteiger partial charge in [-0.15, -0.1) is 12.4 Å². The van der Waals surface area contributed by atoms with Crippen molar-refractivity contribution >= 4 is 18.3 Å². The molecule has 2 aliphatic rings. The van der Waals surface area contributed by atoms with Gasteiger partial charge in [-0.2, -0.15) is 13.2 Å². The van der Waals surface area contributed by atoms with Crippen LogP contribution in [0.2, 0.25) is 0 Å². The molecule has 27 heavy (non-hydrogen) atoms. The van der Waals surface area contributed by atoms with Crippen molar-refractivity contribution in [1.82, 2.24) is 4.90 Å². The molecule has 2 fully saturated rings. The van der Waals surface area contributed by atoms with Crippen molar-refractivity contribution in [2.24, 2.45) is 23.5 Å². The summed E-state index contributed by atoms with van der Waals surface area (Å²) in [6, 6.07) is 5.03. The lowest BCUT2D eigenvalue weighted by Gasteiger charge is -2.44. The van der Waals surface area contributed by atoms with Gasteiger partial charge in [0, 0.05) is 19.0 Å². The third kappa shape index (κ3) is 4.60. The molecule has 0 heterocycles. The number of nitrogens with zero attached hydrogens (tertiary/aromatic N) is 1. The molecular weight excluding hydrogens is 377 g/mol. The first kappa shape index (κ1) is 22.0. The second-order valence-electron chi connectivity index (χ2n) is 7.95. The van der Waals surface area contributed by atoms with E-state index in [1.807, 2.05) is 0 Å². The summed E-state index contributed by atoms with van der Waals surface area (Å²) in [5, 5.41) is 0. The molecule has 2 saturated carbocycles. The number of carbonyl (C=O) groups excluding carboxylic acids is 1. The summed E-state index contributed by atoms with van der Waals surface area (Å²) in [6.07, 6.45) is 0.560. The minimum Gasteiger partial charge on any atom is -0.339 e. The molecule has 2 N–H and O–H groups in total. The van der Waals surface area contributed by atoms with Crippen LogP contribution in [0, 0.1) is 17.8 Å². The Morgan fingerprint density at radius 1 is 1.22 bits per heavy atom. The molecule has 3 rings (SSSR count). The van der Waals surface area contributed by atoms with Gasteiger partial charge in [-0.05, 0) is 62.1 Å². The predicted molar refractivity (Wildman–Crippen MR) is 101 cm³/mol. The monoisotopic (exact) mass is 404 g/mol. The van der Waals surface area contributed by atoms with Crippen LogP contribution < -0.4 is 5.73 Å². The van der Waals surface area contributed by atoms with Crippen LogP contribution in [0.1, 0.15) is 56.2 Å². The Bertz CT molecular complexity index is 653. The SMILES string of the molecule is CC(c1cccc(C(F)(F)F)c1)N(C)C(=O)C1CC2CCCC(C1)C2N.Cl. The fourth-order valence-electron chi connectivity index (χ4n) is 4.67. The average molecular weight is 405 g/mol. The van der Waals surface area contributed by atoms with Crippen molar-refractivity contribution in [2.45, 2.75) is 57.3 Å². The van der Waals surface area contributed by atoms with Crippen molar-refractivity contribution in [1.29, 1.82) is 0 Å². The first-order chi connectivity index (χ1) is 12.2. The maximum absolute atomic E-state index is 13.0. The predicted octanol–water partition coefficient (Wildman–Crippen LogP) is 4.80. The van der Waals surface area contributed by atoms with Gasteiger partial charge < -0.3 is 10.6 Å². The zero-order chi connectivity index (χ0) is 19.1. The summed E-state index contributed by atoms with van der Waals surface area (Å²) in [5.41, 5.74) is 6.12. The Balaban J connectivity index is 0.00000261. The van der Waals surface area contributed by atoms with Gasteiger partial charge in [0.05, 0.1) is 11.6 Å². The quantitative estimate of drug-likeness (QED) is 0.786. The van der Waals surface area contributed by atoms with Crippen molar-refractivity contribution in [3.05, 3.63) is 35.4 Å². The van der Waals surface area contributed by atoms with E-state index in [1.54, 1.807) is 24.9 Å². The van der Waals surface area contributed by atoms with Gasteiger partial charge >= 0.3 is 6.18 Å². The number of halogens is 4. The Morgan fingerprint density at radius 3 is 2.37 bits per heavy atom. The number of hydrogen-bond acceptors (Lipinski definition) is 2. The normalized spacial score (nSPS) is 28.8. The van der Waals surface area contributed by atoms with Crippen molar-refractivity contribution in [3.63, 3.8) is 0 Å². The zero-order valence-electron chi connectivity index (χ0n) is 15.7. The number of carbonyl (C=O) groups is 1. The maximum Gasteiger partial charge on any atom is 0.416 e. The Labute approximate surface area is 164 Å². The van der Waals surface area contributed by atoms with E-state index in [-0.39, 0.29) is 30.3 Å². The Morgan fingerprint density at radius 2 is 1.81 bits per heavy atom. The van der Waals surface area contributed by atoms with Crippen molar-refractivity contribution < 1.29 is 18.0 Å².